The van der Waals surface area contributed by atoms with Crippen molar-refractivity contribution in [2.75, 3.05) is 20.1 Å². The van der Waals surface area contributed by atoms with Gasteiger partial charge in [0.25, 0.3) is 5.91 Å². The van der Waals surface area contributed by atoms with Crippen molar-refractivity contribution in [1.29, 1.82) is 0 Å². The number of aryl methyl sites for hydroxylation is 2. The van der Waals surface area contributed by atoms with Crippen molar-refractivity contribution in [2.45, 2.75) is 39.3 Å². The molecule has 0 spiro atoms. The summed E-state index contributed by atoms with van der Waals surface area (Å²) >= 11 is 0. The minimum absolute atomic E-state index is 0.0188. The molecule has 1 aliphatic heterocycles. The molecule has 1 fully saturated rings. The molecule has 0 unspecified atom stereocenters. The summed E-state index contributed by atoms with van der Waals surface area (Å²) in [6.07, 6.45) is 1.93. The van der Waals surface area contributed by atoms with Gasteiger partial charge in [-0.2, -0.15) is 0 Å². The van der Waals surface area contributed by atoms with Crippen LogP contribution in [0.15, 0.2) is 42.5 Å². The number of hydrogen-bond acceptors (Lipinski definition) is 4. The van der Waals surface area contributed by atoms with Gasteiger partial charge in [-0.05, 0) is 57.5 Å². The number of aromatic nitrogens is 2. The first-order valence-corrected chi connectivity index (χ1v) is 10.4. The SMILES string of the molecule is Cc1nc2ccc(C(=O)N(C)[C@H]3CCCN(Cc4ccccc4F)C3)cc2nc1C. The molecule has 4 rings (SSSR count). The van der Waals surface area contributed by atoms with Crippen LogP contribution >= 0.6 is 0 Å². The zero-order valence-corrected chi connectivity index (χ0v) is 17.7. The van der Waals surface area contributed by atoms with Gasteiger partial charge in [-0.1, -0.05) is 18.2 Å². The maximum absolute atomic E-state index is 14.0. The number of carbonyl (C=O) groups excluding carboxylic acids is 1. The predicted octanol–water partition coefficient (Wildman–Crippen LogP) is 4.12. The Kier molecular flexibility index (Phi) is 5.77. The molecular formula is C24H27FN4O. The van der Waals surface area contributed by atoms with E-state index in [2.05, 4.69) is 14.9 Å². The summed E-state index contributed by atoms with van der Waals surface area (Å²) in [7, 11) is 1.86. The average molecular weight is 407 g/mol. The number of amides is 1. The second-order valence-corrected chi connectivity index (χ2v) is 8.14. The molecule has 2 aromatic carbocycles. The number of nitrogens with zero attached hydrogens (tertiary/aromatic N) is 4. The van der Waals surface area contributed by atoms with Crippen molar-refractivity contribution in [3.63, 3.8) is 0 Å². The number of carbonyl (C=O) groups is 1. The van der Waals surface area contributed by atoms with E-state index in [1.165, 1.54) is 6.07 Å². The maximum Gasteiger partial charge on any atom is 0.253 e. The van der Waals surface area contributed by atoms with Crippen LogP contribution in [0.25, 0.3) is 11.0 Å². The summed E-state index contributed by atoms with van der Waals surface area (Å²) in [5, 5.41) is 0. The molecule has 1 aliphatic rings. The van der Waals surface area contributed by atoms with Crippen LogP contribution in [-0.4, -0.2) is 51.9 Å². The van der Waals surface area contributed by atoms with E-state index in [0.717, 1.165) is 48.4 Å². The molecular weight excluding hydrogens is 379 g/mol. The van der Waals surface area contributed by atoms with Crippen molar-refractivity contribution >= 4 is 16.9 Å². The summed E-state index contributed by atoms with van der Waals surface area (Å²) in [6.45, 7) is 6.08. The van der Waals surface area contributed by atoms with Crippen LogP contribution in [0, 0.1) is 19.7 Å². The zero-order chi connectivity index (χ0) is 21.3. The summed E-state index contributed by atoms with van der Waals surface area (Å²) < 4.78 is 14.0. The van der Waals surface area contributed by atoms with Crippen LogP contribution in [0.1, 0.15) is 40.2 Å². The first kappa shape index (κ1) is 20.4. The Morgan fingerprint density at radius 3 is 2.63 bits per heavy atom. The third kappa shape index (κ3) is 4.19. The number of benzene rings is 2. The number of hydrogen-bond donors (Lipinski definition) is 0. The number of fused-ring (bicyclic) bond motifs is 1. The number of rotatable bonds is 4. The molecule has 30 heavy (non-hydrogen) atoms. The van der Waals surface area contributed by atoms with Gasteiger partial charge in [0, 0.05) is 37.3 Å². The molecule has 0 saturated carbocycles. The lowest BCUT2D eigenvalue weighted by molar-refractivity contribution is 0.0608. The van der Waals surface area contributed by atoms with Crippen LogP contribution in [-0.2, 0) is 6.54 Å². The van der Waals surface area contributed by atoms with Crippen LogP contribution in [0.2, 0.25) is 0 Å². The number of piperidine rings is 1. The Bertz CT molecular complexity index is 1080. The lowest BCUT2D eigenvalue weighted by atomic mass is 10.0. The van der Waals surface area contributed by atoms with Crippen molar-refractivity contribution in [1.82, 2.24) is 19.8 Å². The highest BCUT2D eigenvalue weighted by atomic mass is 19.1. The van der Waals surface area contributed by atoms with E-state index in [1.807, 2.05) is 56.1 Å². The summed E-state index contributed by atoms with van der Waals surface area (Å²) in [6, 6.07) is 12.5. The smallest absolute Gasteiger partial charge is 0.253 e. The highest BCUT2D eigenvalue weighted by Gasteiger charge is 2.27. The average Bonchev–Trinajstić information content (AvgIpc) is 2.75. The Morgan fingerprint density at radius 1 is 1.13 bits per heavy atom. The largest absolute Gasteiger partial charge is 0.337 e. The summed E-state index contributed by atoms with van der Waals surface area (Å²) in [4.78, 5) is 26.3. The number of likely N-dealkylation sites (tertiary alicyclic amines) is 1. The minimum atomic E-state index is -0.174. The molecule has 156 valence electrons. The Morgan fingerprint density at radius 2 is 1.87 bits per heavy atom. The lowest BCUT2D eigenvalue weighted by Crippen LogP contribution is -2.48. The second-order valence-electron chi connectivity index (χ2n) is 8.14. The molecule has 0 aliphatic carbocycles. The van der Waals surface area contributed by atoms with Crippen LogP contribution in [0.5, 0.6) is 0 Å². The van der Waals surface area contributed by atoms with Crippen molar-refractivity contribution < 1.29 is 9.18 Å². The second kappa shape index (κ2) is 8.48. The molecule has 2 heterocycles. The normalized spacial score (nSPS) is 17.3. The summed E-state index contributed by atoms with van der Waals surface area (Å²) in [5.74, 6) is -0.193. The van der Waals surface area contributed by atoms with Gasteiger partial charge in [-0.15, -0.1) is 0 Å². The third-order valence-corrected chi connectivity index (χ3v) is 6.02. The van der Waals surface area contributed by atoms with E-state index < -0.39 is 0 Å². The van der Waals surface area contributed by atoms with E-state index in [0.29, 0.717) is 17.7 Å². The molecule has 1 saturated heterocycles. The quantitative estimate of drug-likeness (QED) is 0.654. The van der Waals surface area contributed by atoms with Gasteiger partial charge < -0.3 is 4.90 Å². The van der Waals surface area contributed by atoms with Gasteiger partial charge in [-0.3, -0.25) is 9.69 Å². The highest BCUT2D eigenvalue weighted by Crippen LogP contribution is 2.21. The number of likely N-dealkylation sites (N-methyl/N-ethyl adjacent to an activating group) is 1. The van der Waals surface area contributed by atoms with Gasteiger partial charge >= 0.3 is 0 Å². The number of halogens is 1. The predicted molar refractivity (Wildman–Crippen MR) is 116 cm³/mol. The molecule has 0 radical (unpaired) electrons. The molecule has 0 bridgehead atoms. The topological polar surface area (TPSA) is 49.3 Å². The van der Waals surface area contributed by atoms with Crippen LogP contribution in [0.3, 0.4) is 0 Å². The Hall–Kier alpha value is -2.86. The van der Waals surface area contributed by atoms with Crippen molar-refractivity contribution in [3.05, 3.63) is 70.8 Å². The van der Waals surface area contributed by atoms with E-state index in [9.17, 15) is 9.18 Å². The molecule has 5 nitrogen and oxygen atoms in total. The Labute approximate surface area is 176 Å². The fraction of sp³-hybridized carbons (Fsp3) is 0.375. The van der Waals surface area contributed by atoms with Crippen LogP contribution in [0.4, 0.5) is 4.39 Å². The van der Waals surface area contributed by atoms with Crippen LogP contribution < -0.4 is 0 Å². The van der Waals surface area contributed by atoms with Gasteiger partial charge in [0.2, 0.25) is 0 Å². The van der Waals surface area contributed by atoms with Gasteiger partial charge in [0.15, 0.2) is 0 Å². The molecule has 0 N–H and O–H groups in total. The monoisotopic (exact) mass is 406 g/mol. The van der Waals surface area contributed by atoms with Gasteiger partial charge in [-0.25, -0.2) is 14.4 Å². The van der Waals surface area contributed by atoms with E-state index in [1.54, 1.807) is 6.07 Å². The molecule has 1 aromatic heterocycles. The van der Waals surface area contributed by atoms with Gasteiger partial charge in [0.05, 0.1) is 22.4 Å². The molecule has 6 heteroatoms. The fourth-order valence-corrected chi connectivity index (χ4v) is 4.09. The fourth-order valence-electron chi connectivity index (χ4n) is 4.09. The standard InChI is InChI=1S/C24H27FN4O/c1-16-17(2)27-23-13-18(10-11-22(23)26-16)24(30)28(3)20-8-6-12-29(15-20)14-19-7-4-5-9-21(19)25/h4-5,7,9-11,13,20H,6,8,12,14-15H2,1-3H3/t20-/m0/s1. The third-order valence-electron chi connectivity index (χ3n) is 6.02. The Balaban J connectivity index is 1.48. The molecule has 1 amide bonds. The molecule has 3 aromatic rings. The first-order valence-electron chi connectivity index (χ1n) is 10.4. The first-order chi connectivity index (χ1) is 14.4. The molecule has 1 atom stereocenters. The summed E-state index contributed by atoms with van der Waals surface area (Å²) in [5.41, 5.74) is 4.63. The van der Waals surface area contributed by atoms with Crippen molar-refractivity contribution in [3.8, 4) is 0 Å². The minimum Gasteiger partial charge on any atom is -0.337 e. The van der Waals surface area contributed by atoms with E-state index in [4.69, 9.17) is 0 Å². The van der Waals surface area contributed by atoms with E-state index in [-0.39, 0.29) is 17.8 Å². The maximum atomic E-state index is 14.0. The van der Waals surface area contributed by atoms with Crippen molar-refractivity contribution in [2.24, 2.45) is 0 Å². The lowest BCUT2D eigenvalue weighted by Gasteiger charge is -2.37. The zero-order valence-electron chi connectivity index (χ0n) is 17.7. The van der Waals surface area contributed by atoms with Gasteiger partial charge in [0.1, 0.15) is 5.82 Å². The highest BCUT2D eigenvalue weighted by molar-refractivity contribution is 5.97. The van der Waals surface area contributed by atoms with E-state index >= 15 is 0 Å².